The molecule has 0 aliphatic carbocycles. The lowest BCUT2D eigenvalue weighted by Crippen LogP contribution is -2.40. The van der Waals surface area contributed by atoms with Crippen LogP contribution in [0.4, 0.5) is 5.82 Å². The summed E-state index contributed by atoms with van der Waals surface area (Å²) in [5, 5.41) is 7.76. The minimum atomic E-state index is -0.343. The second-order valence-corrected chi connectivity index (χ2v) is 14.7. The minimum Gasteiger partial charge on any atom is -0.347 e. The smallest absolute Gasteiger partial charge is 0.256 e. The van der Waals surface area contributed by atoms with Crippen LogP contribution in [0.15, 0.2) is 79.1 Å². The molecule has 8 nitrogen and oxygen atoms in total. The Morgan fingerprint density at radius 1 is 0.681 bits per heavy atom. The van der Waals surface area contributed by atoms with E-state index in [1.54, 1.807) is 36.5 Å². The van der Waals surface area contributed by atoms with E-state index < -0.39 is 0 Å². The van der Waals surface area contributed by atoms with E-state index in [1.165, 1.54) is 0 Å². The summed E-state index contributed by atoms with van der Waals surface area (Å²) in [5.74, 6) is -0.0820. The van der Waals surface area contributed by atoms with Crippen LogP contribution in [-0.4, -0.2) is 37.3 Å². The molecule has 0 saturated carbocycles. The van der Waals surface area contributed by atoms with Crippen LogP contribution >= 0.6 is 0 Å². The summed E-state index contributed by atoms with van der Waals surface area (Å²) in [6.07, 6.45) is 7.94. The molecule has 8 heteroatoms. The molecular formula is C39H56N6O2. The SMILES string of the molecule is C.C.CC(C)(C)/C=C/c1ccc2cc[nH]c2n1.CC(C)(C)C.CC(C)(C)NC(=O)c1cccc(C(=O)Nc2ccc3cc[nH]c3n2)c1. The van der Waals surface area contributed by atoms with E-state index in [1.807, 2.05) is 51.2 Å². The van der Waals surface area contributed by atoms with Gasteiger partial charge in [0, 0.05) is 39.8 Å². The number of rotatable bonds is 4. The van der Waals surface area contributed by atoms with E-state index in [9.17, 15) is 9.59 Å². The van der Waals surface area contributed by atoms with Crippen LogP contribution in [-0.2, 0) is 0 Å². The van der Waals surface area contributed by atoms with Crippen molar-refractivity contribution in [2.75, 3.05) is 5.32 Å². The number of aromatic amines is 2. The van der Waals surface area contributed by atoms with Gasteiger partial charge in [0.2, 0.25) is 0 Å². The third kappa shape index (κ3) is 14.5. The molecule has 0 bridgehead atoms. The highest BCUT2D eigenvalue weighted by molar-refractivity contribution is 6.06. The molecule has 0 fully saturated rings. The van der Waals surface area contributed by atoms with Gasteiger partial charge in [-0.1, -0.05) is 75.5 Å². The van der Waals surface area contributed by atoms with Gasteiger partial charge in [-0.15, -0.1) is 0 Å². The fraction of sp³-hybridized carbons (Fsp3) is 0.385. The van der Waals surface area contributed by atoms with Crippen LogP contribution in [0.1, 0.15) is 111 Å². The Morgan fingerprint density at radius 2 is 1.19 bits per heavy atom. The van der Waals surface area contributed by atoms with Crippen molar-refractivity contribution >= 4 is 45.8 Å². The summed E-state index contributed by atoms with van der Waals surface area (Å²) < 4.78 is 0. The van der Waals surface area contributed by atoms with E-state index >= 15 is 0 Å². The third-order valence-electron chi connectivity index (χ3n) is 5.71. The standard InChI is InChI=1S/C19H20N4O2.C13H16N2.C5H12.2CH4/c1-19(2,3)23-18(25)14-6-4-5-13(11-14)17(24)22-15-8-7-12-9-10-20-16(12)21-15;1-13(2,3)8-6-11-5-4-10-7-9-14-12(10)15-11;1-5(2,3)4;;/h4-11H,1-3H3,(H,23,25)(H2,20,21,22,24);4-9H,1-3H3,(H,14,15);1-4H3;2*1H4/b;8-6+;;;. The van der Waals surface area contributed by atoms with Crippen molar-refractivity contribution in [1.29, 1.82) is 0 Å². The van der Waals surface area contributed by atoms with E-state index in [0.717, 1.165) is 22.1 Å². The maximum absolute atomic E-state index is 12.5. The van der Waals surface area contributed by atoms with Crippen LogP contribution in [0.5, 0.6) is 0 Å². The fourth-order valence-corrected chi connectivity index (χ4v) is 3.78. The van der Waals surface area contributed by atoms with Crippen LogP contribution in [0, 0.1) is 10.8 Å². The molecule has 0 aliphatic heterocycles. The lowest BCUT2D eigenvalue weighted by molar-refractivity contribution is 0.0919. The highest BCUT2D eigenvalue weighted by atomic mass is 16.2. The summed E-state index contributed by atoms with van der Waals surface area (Å²) in [5.41, 5.74) is 3.85. The highest BCUT2D eigenvalue weighted by Crippen LogP contribution is 2.18. The van der Waals surface area contributed by atoms with Crippen LogP contribution in [0.3, 0.4) is 0 Å². The Balaban J connectivity index is 0.000000428. The third-order valence-corrected chi connectivity index (χ3v) is 5.71. The normalized spacial score (nSPS) is 11.4. The van der Waals surface area contributed by atoms with Gasteiger partial charge in [-0.25, -0.2) is 9.97 Å². The van der Waals surface area contributed by atoms with Gasteiger partial charge in [0.05, 0.1) is 5.69 Å². The summed E-state index contributed by atoms with van der Waals surface area (Å²) in [4.78, 5) is 39.7. The molecular weight excluding hydrogens is 584 g/mol. The molecule has 0 spiro atoms. The van der Waals surface area contributed by atoms with Gasteiger partial charge in [0.1, 0.15) is 17.1 Å². The van der Waals surface area contributed by atoms with Crippen molar-refractivity contribution in [2.24, 2.45) is 10.8 Å². The van der Waals surface area contributed by atoms with Gasteiger partial charge in [-0.05, 0) is 92.3 Å². The average Bonchev–Trinajstić information content (AvgIpc) is 3.59. The number of hydrogen-bond acceptors (Lipinski definition) is 4. The molecule has 0 atom stereocenters. The van der Waals surface area contributed by atoms with Crippen molar-refractivity contribution in [3.05, 3.63) is 96.0 Å². The van der Waals surface area contributed by atoms with Crippen molar-refractivity contribution in [3.63, 3.8) is 0 Å². The topological polar surface area (TPSA) is 116 Å². The number of benzene rings is 1. The Labute approximate surface area is 281 Å². The number of nitrogens with one attached hydrogen (secondary N) is 4. The summed E-state index contributed by atoms with van der Waals surface area (Å²) >= 11 is 0. The molecule has 0 unspecified atom stereocenters. The van der Waals surface area contributed by atoms with E-state index in [2.05, 4.69) is 97.3 Å². The molecule has 4 aromatic heterocycles. The van der Waals surface area contributed by atoms with Gasteiger partial charge in [-0.3, -0.25) is 9.59 Å². The first-order valence-corrected chi connectivity index (χ1v) is 15.2. The molecule has 47 heavy (non-hydrogen) atoms. The minimum absolute atomic E-state index is 0. The molecule has 4 N–H and O–H groups in total. The van der Waals surface area contributed by atoms with Gasteiger partial charge < -0.3 is 20.6 Å². The predicted octanol–water partition coefficient (Wildman–Crippen LogP) is 10.3. The number of carbonyl (C=O) groups is 2. The molecule has 254 valence electrons. The molecule has 2 amide bonds. The molecule has 0 radical (unpaired) electrons. The van der Waals surface area contributed by atoms with Crippen molar-refractivity contribution < 1.29 is 9.59 Å². The highest BCUT2D eigenvalue weighted by Gasteiger charge is 2.17. The number of anilines is 1. The van der Waals surface area contributed by atoms with Gasteiger partial charge >= 0.3 is 0 Å². The quantitative estimate of drug-likeness (QED) is 0.156. The van der Waals surface area contributed by atoms with E-state index in [4.69, 9.17) is 0 Å². The number of fused-ring (bicyclic) bond motifs is 2. The lowest BCUT2D eigenvalue weighted by Gasteiger charge is -2.20. The summed E-state index contributed by atoms with van der Waals surface area (Å²) in [6.45, 7) is 21.0. The lowest BCUT2D eigenvalue weighted by atomic mass is 9.96. The van der Waals surface area contributed by atoms with Crippen LogP contribution in [0.2, 0.25) is 0 Å². The van der Waals surface area contributed by atoms with Crippen molar-refractivity contribution in [2.45, 2.75) is 89.6 Å². The number of aromatic nitrogens is 4. The monoisotopic (exact) mass is 640 g/mol. The Hall–Kier alpha value is -4.72. The molecule has 5 rings (SSSR count). The van der Waals surface area contributed by atoms with Crippen molar-refractivity contribution in [1.82, 2.24) is 25.3 Å². The van der Waals surface area contributed by atoms with Gasteiger partial charge in [0.15, 0.2) is 0 Å². The summed E-state index contributed by atoms with van der Waals surface area (Å²) in [7, 11) is 0. The molecule has 0 aliphatic rings. The first kappa shape index (κ1) is 40.3. The summed E-state index contributed by atoms with van der Waals surface area (Å²) in [6, 6.07) is 18.3. The molecule has 1 aromatic carbocycles. The first-order chi connectivity index (χ1) is 20.9. The number of pyridine rings is 2. The zero-order chi connectivity index (χ0) is 33.4. The largest absolute Gasteiger partial charge is 0.347 e. The second-order valence-electron chi connectivity index (χ2n) is 14.7. The first-order valence-electron chi connectivity index (χ1n) is 15.2. The average molecular weight is 641 g/mol. The zero-order valence-corrected chi connectivity index (χ0v) is 28.3. The number of hydrogen-bond donors (Lipinski definition) is 4. The number of carbonyl (C=O) groups excluding carboxylic acids is 2. The zero-order valence-electron chi connectivity index (χ0n) is 28.3. The predicted molar refractivity (Wildman–Crippen MR) is 201 cm³/mol. The number of H-pyrrole nitrogens is 2. The Kier molecular flexibility index (Phi) is 14.3. The second kappa shape index (κ2) is 16.7. The van der Waals surface area contributed by atoms with Crippen molar-refractivity contribution in [3.8, 4) is 0 Å². The Bertz CT molecular complexity index is 1750. The van der Waals surface area contributed by atoms with Crippen LogP contribution in [0.25, 0.3) is 28.1 Å². The van der Waals surface area contributed by atoms with E-state index in [0.29, 0.717) is 28.0 Å². The molecule has 5 aromatic rings. The van der Waals surface area contributed by atoms with Gasteiger partial charge in [0.25, 0.3) is 11.8 Å². The van der Waals surface area contributed by atoms with Gasteiger partial charge in [-0.2, -0.15) is 0 Å². The maximum atomic E-state index is 12.5. The molecule has 0 saturated heterocycles. The number of nitrogens with zero attached hydrogens (tertiary/aromatic N) is 2. The maximum Gasteiger partial charge on any atom is 0.256 e. The number of allylic oxidation sites excluding steroid dienone is 1. The fourth-order valence-electron chi connectivity index (χ4n) is 3.78. The number of amides is 2. The Morgan fingerprint density at radius 3 is 1.72 bits per heavy atom. The van der Waals surface area contributed by atoms with Crippen LogP contribution < -0.4 is 10.6 Å². The molecule has 4 heterocycles. The van der Waals surface area contributed by atoms with E-state index in [-0.39, 0.29) is 37.6 Å².